The van der Waals surface area contributed by atoms with E-state index in [1.807, 2.05) is 6.07 Å². The second-order valence-corrected chi connectivity index (χ2v) is 5.75. The lowest BCUT2D eigenvalue weighted by molar-refractivity contribution is 0.0734. The lowest BCUT2D eigenvalue weighted by Gasteiger charge is -2.09. The van der Waals surface area contributed by atoms with Crippen LogP contribution < -0.4 is 9.47 Å². The highest BCUT2D eigenvalue weighted by Crippen LogP contribution is 2.32. The van der Waals surface area contributed by atoms with E-state index in [4.69, 9.17) is 32.7 Å². The number of benzene rings is 3. The molecule has 0 aliphatic carbocycles. The van der Waals surface area contributed by atoms with Crippen LogP contribution in [0.3, 0.4) is 0 Å². The highest BCUT2D eigenvalue weighted by molar-refractivity contribution is 6.35. The Kier molecular flexibility index (Phi) is 5.04. The number of ether oxygens (including phenoxy) is 2. The van der Waals surface area contributed by atoms with E-state index in [1.165, 1.54) is 0 Å². The number of rotatable bonds is 4. The molecule has 0 saturated heterocycles. The largest absolute Gasteiger partial charge is 0.456 e. The van der Waals surface area contributed by atoms with Crippen molar-refractivity contribution in [1.29, 1.82) is 0 Å². The van der Waals surface area contributed by atoms with Gasteiger partial charge in [-0.05, 0) is 54.6 Å². The first kappa shape index (κ1) is 16.4. The van der Waals surface area contributed by atoms with Gasteiger partial charge in [-0.2, -0.15) is 0 Å². The summed E-state index contributed by atoms with van der Waals surface area (Å²) in [6, 6.07) is 20.5. The van der Waals surface area contributed by atoms with Crippen LogP contribution in [0.1, 0.15) is 10.4 Å². The highest BCUT2D eigenvalue weighted by Gasteiger charge is 2.08. The third-order valence-electron chi connectivity index (χ3n) is 3.17. The van der Waals surface area contributed by atoms with Crippen molar-refractivity contribution in [3.63, 3.8) is 0 Å². The monoisotopic (exact) mass is 358 g/mol. The zero-order valence-electron chi connectivity index (χ0n) is 12.4. The minimum absolute atomic E-state index is 0.412. The molecule has 0 bridgehead atoms. The quantitative estimate of drug-likeness (QED) is 0.423. The zero-order chi connectivity index (χ0) is 16.9. The van der Waals surface area contributed by atoms with E-state index in [9.17, 15) is 4.79 Å². The minimum atomic E-state index is -0.412. The minimum Gasteiger partial charge on any atom is -0.456 e. The van der Waals surface area contributed by atoms with Crippen LogP contribution in [0, 0.1) is 0 Å². The Labute approximate surface area is 149 Å². The van der Waals surface area contributed by atoms with E-state index in [-0.39, 0.29) is 0 Å². The molecule has 24 heavy (non-hydrogen) atoms. The fourth-order valence-corrected chi connectivity index (χ4v) is 2.45. The first-order valence-electron chi connectivity index (χ1n) is 7.12. The van der Waals surface area contributed by atoms with Crippen molar-refractivity contribution in [1.82, 2.24) is 0 Å². The van der Waals surface area contributed by atoms with Gasteiger partial charge in [0.1, 0.15) is 17.2 Å². The fourth-order valence-electron chi connectivity index (χ4n) is 2.00. The molecule has 3 rings (SSSR count). The van der Waals surface area contributed by atoms with E-state index < -0.39 is 5.97 Å². The van der Waals surface area contributed by atoms with Crippen molar-refractivity contribution in [2.24, 2.45) is 0 Å². The Morgan fingerprint density at radius 2 is 1.46 bits per heavy atom. The van der Waals surface area contributed by atoms with Crippen LogP contribution in [0.4, 0.5) is 0 Å². The standard InChI is InChI=1S/C19H12Cl2O3/c20-14-6-11-18(17(21)12-14)23-15-7-9-16(10-8-15)24-19(22)13-4-2-1-3-5-13/h1-12H. The lowest BCUT2D eigenvalue weighted by atomic mass is 10.2. The van der Waals surface area contributed by atoms with Crippen LogP contribution in [-0.2, 0) is 0 Å². The molecular weight excluding hydrogens is 347 g/mol. The topological polar surface area (TPSA) is 35.5 Å². The van der Waals surface area contributed by atoms with Crippen molar-refractivity contribution in [3.8, 4) is 17.2 Å². The van der Waals surface area contributed by atoms with Gasteiger partial charge in [-0.25, -0.2) is 4.79 Å². The molecule has 0 radical (unpaired) electrons. The molecule has 0 N–H and O–H groups in total. The van der Waals surface area contributed by atoms with E-state index in [0.29, 0.717) is 32.9 Å². The predicted octanol–water partition coefficient (Wildman–Crippen LogP) is 6.00. The molecule has 0 spiro atoms. The van der Waals surface area contributed by atoms with Gasteiger partial charge in [0.05, 0.1) is 10.6 Å². The summed E-state index contributed by atoms with van der Waals surface area (Å²) in [7, 11) is 0. The summed E-state index contributed by atoms with van der Waals surface area (Å²) in [5.74, 6) is 1.08. The molecule has 0 amide bonds. The zero-order valence-corrected chi connectivity index (χ0v) is 13.9. The summed E-state index contributed by atoms with van der Waals surface area (Å²) < 4.78 is 11.0. The first-order valence-corrected chi connectivity index (χ1v) is 7.87. The second kappa shape index (κ2) is 7.39. The van der Waals surface area contributed by atoms with Gasteiger partial charge in [-0.15, -0.1) is 0 Å². The first-order chi connectivity index (χ1) is 11.6. The van der Waals surface area contributed by atoms with E-state index in [1.54, 1.807) is 66.7 Å². The summed E-state index contributed by atoms with van der Waals surface area (Å²) in [6.07, 6.45) is 0. The van der Waals surface area contributed by atoms with Crippen LogP contribution in [0.25, 0.3) is 0 Å². The van der Waals surface area contributed by atoms with Crippen LogP contribution in [0.2, 0.25) is 10.0 Å². The number of esters is 1. The second-order valence-electron chi connectivity index (χ2n) is 4.90. The third kappa shape index (κ3) is 4.07. The van der Waals surface area contributed by atoms with Crippen molar-refractivity contribution in [2.75, 3.05) is 0 Å². The summed E-state index contributed by atoms with van der Waals surface area (Å²) in [6.45, 7) is 0. The van der Waals surface area contributed by atoms with Gasteiger partial charge in [0.25, 0.3) is 0 Å². The molecule has 0 unspecified atom stereocenters. The summed E-state index contributed by atoms with van der Waals surface area (Å²) in [4.78, 5) is 12.0. The fraction of sp³-hybridized carbons (Fsp3) is 0. The van der Waals surface area contributed by atoms with Gasteiger partial charge >= 0.3 is 5.97 Å². The van der Waals surface area contributed by atoms with Crippen LogP contribution in [0.5, 0.6) is 17.2 Å². The molecule has 0 saturated carbocycles. The molecule has 3 aromatic carbocycles. The third-order valence-corrected chi connectivity index (χ3v) is 3.70. The lowest BCUT2D eigenvalue weighted by Crippen LogP contribution is -2.07. The Bertz CT molecular complexity index is 846. The Balaban J connectivity index is 1.68. The number of halogens is 2. The molecule has 0 aliphatic rings. The maximum absolute atomic E-state index is 12.0. The van der Waals surface area contributed by atoms with Crippen LogP contribution in [-0.4, -0.2) is 5.97 Å². The van der Waals surface area contributed by atoms with Gasteiger partial charge in [-0.3, -0.25) is 0 Å². The molecule has 0 aliphatic heterocycles. The van der Waals surface area contributed by atoms with E-state index >= 15 is 0 Å². The maximum atomic E-state index is 12.0. The van der Waals surface area contributed by atoms with Crippen molar-refractivity contribution < 1.29 is 14.3 Å². The van der Waals surface area contributed by atoms with Gasteiger partial charge in [0, 0.05) is 5.02 Å². The van der Waals surface area contributed by atoms with Crippen molar-refractivity contribution in [3.05, 3.63) is 88.4 Å². The Morgan fingerprint density at radius 3 is 2.12 bits per heavy atom. The van der Waals surface area contributed by atoms with Gasteiger partial charge < -0.3 is 9.47 Å². The highest BCUT2D eigenvalue weighted by atomic mass is 35.5. The Morgan fingerprint density at radius 1 is 0.792 bits per heavy atom. The molecule has 0 fully saturated rings. The van der Waals surface area contributed by atoms with Crippen LogP contribution >= 0.6 is 23.2 Å². The average Bonchev–Trinajstić information content (AvgIpc) is 2.60. The molecule has 0 aromatic heterocycles. The number of carbonyl (C=O) groups is 1. The predicted molar refractivity (Wildman–Crippen MR) is 94.4 cm³/mol. The van der Waals surface area contributed by atoms with Crippen LogP contribution in [0.15, 0.2) is 72.8 Å². The molecule has 120 valence electrons. The summed E-state index contributed by atoms with van der Waals surface area (Å²) in [5.41, 5.74) is 0.491. The molecule has 0 heterocycles. The summed E-state index contributed by atoms with van der Waals surface area (Å²) >= 11 is 11.9. The van der Waals surface area contributed by atoms with Gasteiger partial charge in [-0.1, -0.05) is 41.4 Å². The SMILES string of the molecule is O=C(Oc1ccc(Oc2ccc(Cl)cc2Cl)cc1)c1ccccc1. The van der Waals surface area contributed by atoms with Gasteiger partial charge in [0.15, 0.2) is 0 Å². The smallest absolute Gasteiger partial charge is 0.343 e. The molecule has 0 atom stereocenters. The number of hydrogen-bond donors (Lipinski definition) is 0. The van der Waals surface area contributed by atoms with E-state index in [0.717, 1.165) is 0 Å². The average molecular weight is 359 g/mol. The number of hydrogen-bond acceptors (Lipinski definition) is 3. The van der Waals surface area contributed by atoms with Gasteiger partial charge in [0.2, 0.25) is 0 Å². The molecule has 3 aromatic rings. The molecule has 3 nitrogen and oxygen atoms in total. The van der Waals surface area contributed by atoms with Crippen molar-refractivity contribution in [2.45, 2.75) is 0 Å². The normalized spacial score (nSPS) is 10.2. The van der Waals surface area contributed by atoms with Crippen molar-refractivity contribution >= 4 is 29.2 Å². The number of carbonyl (C=O) groups excluding carboxylic acids is 1. The summed E-state index contributed by atoms with van der Waals surface area (Å²) in [5, 5.41) is 0.956. The molecular formula is C19H12Cl2O3. The Hall–Kier alpha value is -2.49. The maximum Gasteiger partial charge on any atom is 0.343 e. The molecule has 5 heteroatoms. The van der Waals surface area contributed by atoms with E-state index in [2.05, 4.69) is 0 Å².